The molecule has 0 atom stereocenters. The minimum absolute atomic E-state index is 0.0743. The molecule has 0 saturated carbocycles. The van der Waals surface area contributed by atoms with E-state index in [0.29, 0.717) is 10.9 Å². The minimum Gasteiger partial charge on any atom is -0.490 e. The summed E-state index contributed by atoms with van der Waals surface area (Å²) in [6.07, 6.45) is 0.875. The second kappa shape index (κ2) is 10.8. The van der Waals surface area contributed by atoms with E-state index >= 15 is 0 Å². The van der Waals surface area contributed by atoms with Gasteiger partial charge in [-0.15, -0.1) is 23.1 Å². The van der Waals surface area contributed by atoms with Crippen LogP contribution in [0, 0.1) is 10.1 Å². The van der Waals surface area contributed by atoms with E-state index in [-0.39, 0.29) is 23.1 Å². The van der Waals surface area contributed by atoms with Gasteiger partial charge in [-0.2, -0.15) is 0 Å². The van der Waals surface area contributed by atoms with Gasteiger partial charge in [-0.25, -0.2) is 4.98 Å². The van der Waals surface area contributed by atoms with Gasteiger partial charge in [0.25, 0.3) is 0 Å². The zero-order valence-corrected chi connectivity index (χ0v) is 19.8. The third kappa shape index (κ3) is 6.10. The molecule has 1 aromatic heterocycles. The number of carbonyl (C=O) groups is 1. The Kier molecular flexibility index (Phi) is 7.58. The number of hydrogen-bond acceptors (Lipinski definition) is 8. The minimum atomic E-state index is -0.467. The number of fused-ring (bicyclic) bond motifs is 1. The molecule has 2 aromatic carbocycles. The Balaban J connectivity index is 1.27. The van der Waals surface area contributed by atoms with Crippen molar-refractivity contribution < 1.29 is 14.5 Å². The number of thiazole rings is 1. The molecule has 8 nitrogen and oxygen atoms in total. The van der Waals surface area contributed by atoms with Gasteiger partial charge in [0.2, 0.25) is 5.91 Å². The largest absolute Gasteiger partial charge is 0.490 e. The fourth-order valence-electron chi connectivity index (χ4n) is 3.66. The van der Waals surface area contributed by atoms with Crippen LogP contribution in [0.5, 0.6) is 5.75 Å². The van der Waals surface area contributed by atoms with E-state index in [1.807, 2.05) is 6.07 Å². The SMILES string of the molecule is COc1ccc(CSCC(=O)Nc2nc3c(s2)CN(Cc2ccccc2)CC3)cc1[N+](=O)[O-]. The Bertz CT molecular complexity index is 1140. The van der Waals surface area contributed by atoms with E-state index in [0.717, 1.165) is 37.3 Å². The Morgan fingerprint density at radius 1 is 1.27 bits per heavy atom. The first kappa shape index (κ1) is 23.2. The van der Waals surface area contributed by atoms with Crippen molar-refractivity contribution in [3.05, 3.63) is 80.3 Å². The first-order valence-corrected chi connectivity index (χ1v) is 12.4. The standard InChI is InChI=1S/C23H24N4O4S2/c1-31-20-8-7-17(11-19(20)27(29)30)14-32-15-22(28)25-23-24-18-9-10-26(13-21(18)33-23)12-16-5-3-2-4-6-16/h2-8,11H,9-10,12-15H2,1H3,(H,24,25,28). The normalized spacial score (nSPS) is 13.4. The van der Waals surface area contributed by atoms with E-state index < -0.39 is 4.92 Å². The number of thioether (sulfide) groups is 1. The van der Waals surface area contributed by atoms with Crippen molar-refractivity contribution in [2.45, 2.75) is 25.3 Å². The first-order chi connectivity index (χ1) is 16.0. The molecule has 0 spiro atoms. The smallest absolute Gasteiger partial charge is 0.311 e. The van der Waals surface area contributed by atoms with E-state index in [1.165, 1.54) is 46.7 Å². The second-order valence-corrected chi connectivity index (χ2v) is 9.71. The van der Waals surface area contributed by atoms with Gasteiger partial charge < -0.3 is 10.1 Å². The fourth-order valence-corrected chi connectivity index (χ4v) is 5.50. The second-order valence-electron chi connectivity index (χ2n) is 7.64. The average Bonchev–Trinajstić information content (AvgIpc) is 3.21. The van der Waals surface area contributed by atoms with Gasteiger partial charge in [-0.1, -0.05) is 36.4 Å². The highest BCUT2D eigenvalue weighted by Crippen LogP contribution is 2.30. The molecule has 1 aliphatic heterocycles. The van der Waals surface area contributed by atoms with Gasteiger partial charge in [0.1, 0.15) is 0 Å². The predicted octanol–water partition coefficient (Wildman–Crippen LogP) is 4.49. The van der Waals surface area contributed by atoms with E-state index in [4.69, 9.17) is 4.74 Å². The molecule has 1 aliphatic rings. The molecule has 4 rings (SSSR count). The molecule has 0 saturated heterocycles. The van der Waals surface area contributed by atoms with Gasteiger partial charge >= 0.3 is 5.69 Å². The van der Waals surface area contributed by atoms with E-state index in [1.54, 1.807) is 12.1 Å². The number of nitrogens with one attached hydrogen (secondary N) is 1. The van der Waals surface area contributed by atoms with Crippen LogP contribution in [0.1, 0.15) is 21.7 Å². The fraction of sp³-hybridized carbons (Fsp3) is 0.304. The quantitative estimate of drug-likeness (QED) is 0.353. The molecule has 0 aliphatic carbocycles. The number of nitro groups is 1. The third-order valence-electron chi connectivity index (χ3n) is 5.25. The van der Waals surface area contributed by atoms with Gasteiger partial charge in [0, 0.05) is 42.8 Å². The van der Waals surface area contributed by atoms with Crippen LogP contribution >= 0.6 is 23.1 Å². The van der Waals surface area contributed by atoms with Crippen LogP contribution in [0.3, 0.4) is 0 Å². The lowest BCUT2D eigenvalue weighted by Gasteiger charge is -2.25. The summed E-state index contributed by atoms with van der Waals surface area (Å²) in [6, 6.07) is 15.2. The summed E-state index contributed by atoms with van der Waals surface area (Å²) < 4.78 is 5.02. The number of rotatable bonds is 9. The molecule has 2 heterocycles. The molecule has 0 bridgehead atoms. The third-order valence-corrected chi connectivity index (χ3v) is 7.25. The Morgan fingerprint density at radius 3 is 2.85 bits per heavy atom. The monoisotopic (exact) mass is 484 g/mol. The Labute approximate surface area is 200 Å². The van der Waals surface area contributed by atoms with Crippen LogP contribution in [0.4, 0.5) is 10.8 Å². The number of amides is 1. The lowest BCUT2D eigenvalue weighted by molar-refractivity contribution is -0.385. The van der Waals surface area contributed by atoms with Crippen molar-refractivity contribution in [2.75, 3.05) is 24.7 Å². The number of nitro benzene ring substituents is 1. The highest BCUT2D eigenvalue weighted by atomic mass is 32.2. The molecule has 172 valence electrons. The molecule has 1 amide bonds. The maximum atomic E-state index is 12.4. The molecule has 33 heavy (non-hydrogen) atoms. The van der Waals surface area contributed by atoms with Crippen LogP contribution in [0.2, 0.25) is 0 Å². The maximum Gasteiger partial charge on any atom is 0.311 e. The number of carbonyl (C=O) groups excluding carboxylic acids is 1. The van der Waals surface area contributed by atoms with Crippen molar-refractivity contribution in [1.29, 1.82) is 0 Å². The summed E-state index contributed by atoms with van der Waals surface area (Å²) in [5.74, 6) is 0.822. The highest BCUT2D eigenvalue weighted by Gasteiger charge is 2.21. The van der Waals surface area contributed by atoms with Crippen molar-refractivity contribution in [2.24, 2.45) is 0 Å². The summed E-state index contributed by atoms with van der Waals surface area (Å²) in [5.41, 5.74) is 3.05. The zero-order chi connectivity index (χ0) is 23.2. The number of nitrogens with zero attached hydrogens (tertiary/aromatic N) is 3. The van der Waals surface area contributed by atoms with Crippen LogP contribution in [0.25, 0.3) is 0 Å². The van der Waals surface area contributed by atoms with Crippen molar-refractivity contribution in [3.8, 4) is 5.75 Å². The maximum absolute atomic E-state index is 12.4. The van der Waals surface area contributed by atoms with Crippen LogP contribution in [-0.2, 0) is 30.1 Å². The molecule has 0 radical (unpaired) electrons. The molecule has 1 N–H and O–H groups in total. The topological polar surface area (TPSA) is 97.6 Å². The first-order valence-electron chi connectivity index (χ1n) is 10.5. The Hall–Kier alpha value is -2.95. The highest BCUT2D eigenvalue weighted by molar-refractivity contribution is 7.99. The molecule has 0 unspecified atom stereocenters. The van der Waals surface area contributed by atoms with E-state index in [9.17, 15) is 14.9 Å². The van der Waals surface area contributed by atoms with Gasteiger partial charge in [-0.3, -0.25) is 19.8 Å². The number of benzene rings is 2. The van der Waals surface area contributed by atoms with Gasteiger partial charge in [0.05, 0.1) is 23.5 Å². The zero-order valence-electron chi connectivity index (χ0n) is 18.2. The van der Waals surface area contributed by atoms with Gasteiger partial charge in [-0.05, 0) is 17.2 Å². The number of methoxy groups -OCH3 is 1. The average molecular weight is 485 g/mol. The molecule has 3 aromatic rings. The van der Waals surface area contributed by atoms with E-state index in [2.05, 4.69) is 39.5 Å². The Morgan fingerprint density at radius 2 is 2.09 bits per heavy atom. The predicted molar refractivity (Wildman–Crippen MR) is 131 cm³/mol. The summed E-state index contributed by atoms with van der Waals surface area (Å²) in [6.45, 7) is 2.69. The lowest BCUT2D eigenvalue weighted by atomic mass is 10.1. The molecule has 0 fully saturated rings. The molecular formula is C23H24N4O4S2. The number of anilines is 1. The van der Waals surface area contributed by atoms with Crippen LogP contribution in [0.15, 0.2) is 48.5 Å². The van der Waals surface area contributed by atoms with Crippen molar-refractivity contribution in [3.63, 3.8) is 0 Å². The molecule has 10 heteroatoms. The van der Waals surface area contributed by atoms with Gasteiger partial charge in [0.15, 0.2) is 10.9 Å². The summed E-state index contributed by atoms with van der Waals surface area (Å²) in [4.78, 5) is 31.3. The summed E-state index contributed by atoms with van der Waals surface area (Å²) in [7, 11) is 1.40. The summed E-state index contributed by atoms with van der Waals surface area (Å²) in [5, 5.41) is 14.7. The number of ether oxygens (including phenoxy) is 1. The van der Waals surface area contributed by atoms with Crippen molar-refractivity contribution in [1.82, 2.24) is 9.88 Å². The van der Waals surface area contributed by atoms with Crippen LogP contribution in [-0.4, -0.2) is 40.1 Å². The number of hydrogen-bond donors (Lipinski definition) is 1. The molecular weight excluding hydrogens is 460 g/mol. The lowest BCUT2D eigenvalue weighted by Crippen LogP contribution is -2.29. The van der Waals surface area contributed by atoms with Crippen molar-refractivity contribution >= 4 is 39.8 Å². The number of aromatic nitrogens is 1. The summed E-state index contributed by atoms with van der Waals surface area (Å²) >= 11 is 2.93. The van der Waals surface area contributed by atoms with Crippen LogP contribution < -0.4 is 10.1 Å².